The molecule has 0 saturated carbocycles. The Balaban J connectivity index is 2.12. The highest BCUT2D eigenvalue weighted by Crippen LogP contribution is 2.32. The molecule has 2 N–H and O–H groups in total. The number of hydrogen-bond acceptors (Lipinski definition) is 2. The van der Waals surface area contributed by atoms with E-state index in [1.807, 2.05) is 4.57 Å². The van der Waals surface area contributed by atoms with Crippen LogP contribution < -0.4 is 5.73 Å². The summed E-state index contributed by atoms with van der Waals surface area (Å²) in [5, 5.41) is 0. The van der Waals surface area contributed by atoms with E-state index in [0.717, 1.165) is 37.3 Å². The Morgan fingerprint density at radius 3 is 2.55 bits per heavy atom. The first-order chi connectivity index (χ1) is 9.47. The van der Waals surface area contributed by atoms with Gasteiger partial charge in [0.05, 0.1) is 0 Å². The van der Waals surface area contributed by atoms with E-state index in [2.05, 4.69) is 11.9 Å². The molecular formula is C14H14F3N3. The summed E-state index contributed by atoms with van der Waals surface area (Å²) in [4.78, 5) is 4.35. The van der Waals surface area contributed by atoms with Crippen molar-refractivity contribution in [3.05, 3.63) is 35.4 Å². The van der Waals surface area contributed by atoms with Crippen molar-refractivity contribution >= 4 is 5.82 Å². The summed E-state index contributed by atoms with van der Waals surface area (Å²) in [6.07, 6.45) is 1.78. The first-order valence-corrected chi connectivity index (χ1v) is 6.47. The van der Waals surface area contributed by atoms with Crippen LogP contribution in [0.1, 0.15) is 19.2 Å². The largest absolute Gasteiger partial charge is 0.383 e. The molecule has 1 aromatic carbocycles. The molecule has 1 aliphatic rings. The van der Waals surface area contributed by atoms with E-state index in [1.54, 1.807) is 0 Å². The fraction of sp³-hybridized carbons (Fsp3) is 0.357. The lowest BCUT2D eigenvalue weighted by atomic mass is 10.0. The summed E-state index contributed by atoms with van der Waals surface area (Å²) in [5.74, 6) is -2.30. The van der Waals surface area contributed by atoms with Crippen molar-refractivity contribution in [2.45, 2.75) is 26.3 Å². The summed E-state index contributed by atoms with van der Waals surface area (Å²) in [6, 6.07) is 1.85. The van der Waals surface area contributed by atoms with Crippen molar-refractivity contribution in [3.8, 4) is 11.3 Å². The number of anilines is 1. The van der Waals surface area contributed by atoms with Crippen molar-refractivity contribution in [2.75, 3.05) is 5.73 Å². The molecule has 3 rings (SSSR count). The van der Waals surface area contributed by atoms with Gasteiger partial charge in [-0.3, -0.25) is 0 Å². The van der Waals surface area contributed by atoms with Gasteiger partial charge in [0.2, 0.25) is 0 Å². The predicted molar refractivity (Wildman–Crippen MR) is 69.4 cm³/mol. The minimum atomic E-state index is -1.48. The first-order valence-electron chi connectivity index (χ1n) is 6.47. The molecule has 106 valence electrons. The fourth-order valence-corrected chi connectivity index (χ4v) is 2.59. The molecule has 2 aromatic rings. The van der Waals surface area contributed by atoms with Crippen LogP contribution in [0.5, 0.6) is 0 Å². The number of nitrogens with two attached hydrogens (primary N) is 1. The first kappa shape index (κ1) is 13.0. The van der Waals surface area contributed by atoms with Crippen molar-refractivity contribution in [3.63, 3.8) is 0 Å². The third kappa shape index (κ3) is 1.95. The van der Waals surface area contributed by atoms with Gasteiger partial charge in [-0.05, 0) is 24.5 Å². The van der Waals surface area contributed by atoms with Gasteiger partial charge in [-0.2, -0.15) is 0 Å². The summed E-state index contributed by atoms with van der Waals surface area (Å²) >= 11 is 0. The van der Waals surface area contributed by atoms with Crippen LogP contribution in [0.2, 0.25) is 0 Å². The molecule has 1 atom stereocenters. The van der Waals surface area contributed by atoms with Gasteiger partial charge in [0.1, 0.15) is 17.3 Å². The minimum Gasteiger partial charge on any atom is -0.383 e. The molecule has 3 nitrogen and oxygen atoms in total. The molecule has 0 bridgehead atoms. The zero-order valence-corrected chi connectivity index (χ0v) is 11.0. The van der Waals surface area contributed by atoms with Gasteiger partial charge in [-0.1, -0.05) is 6.92 Å². The summed E-state index contributed by atoms with van der Waals surface area (Å²) in [7, 11) is 0. The monoisotopic (exact) mass is 281 g/mol. The van der Waals surface area contributed by atoms with Gasteiger partial charge >= 0.3 is 0 Å². The van der Waals surface area contributed by atoms with Crippen molar-refractivity contribution < 1.29 is 13.2 Å². The number of nitrogen functional groups attached to an aromatic ring is 1. The average Bonchev–Trinajstić information content (AvgIpc) is 2.73. The third-order valence-electron chi connectivity index (χ3n) is 3.70. The van der Waals surface area contributed by atoms with E-state index in [1.165, 1.54) is 0 Å². The molecule has 0 fully saturated rings. The topological polar surface area (TPSA) is 43.8 Å². The molecule has 0 spiro atoms. The van der Waals surface area contributed by atoms with Crippen LogP contribution >= 0.6 is 0 Å². The zero-order valence-electron chi connectivity index (χ0n) is 11.0. The van der Waals surface area contributed by atoms with Crippen LogP contribution in [0, 0.1) is 23.4 Å². The van der Waals surface area contributed by atoms with Gasteiger partial charge < -0.3 is 10.3 Å². The van der Waals surface area contributed by atoms with Crippen molar-refractivity contribution in [2.24, 2.45) is 5.92 Å². The van der Waals surface area contributed by atoms with E-state index < -0.39 is 17.5 Å². The number of aryl methyl sites for hydroxylation is 1. The van der Waals surface area contributed by atoms with E-state index >= 15 is 0 Å². The van der Waals surface area contributed by atoms with Crippen LogP contribution in [-0.4, -0.2) is 9.55 Å². The van der Waals surface area contributed by atoms with Gasteiger partial charge in [0, 0.05) is 18.5 Å². The number of rotatable bonds is 1. The number of fused-ring (bicyclic) bond motifs is 1. The molecule has 6 heteroatoms. The van der Waals surface area contributed by atoms with E-state index in [-0.39, 0.29) is 5.56 Å². The SMILES string of the molecule is CC1CCc2nc(-c3cc(F)c(F)c(F)c3)c(N)n2C1. The molecule has 1 aromatic heterocycles. The average molecular weight is 281 g/mol. The molecule has 0 aliphatic carbocycles. The highest BCUT2D eigenvalue weighted by Gasteiger charge is 2.23. The van der Waals surface area contributed by atoms with Crippen LogP contribution in [0.25, 0.3) is 11.3 Å². The maximum Gasteiger partial charge on any atom is 0.194 e. The molecule has 1 aliphatic heterocycles. The van der Waals surface area contributed by atoms with Crippen LogP contribution in [0.15, 0.2) is 12.1 Å². The maximum absolute atomic E-state index is 13.3. The standard InChI is InChI=1S/C14H14F3N3/c1-7-2-3-11-19-13(14(18)20(11)6-7)8-4-9(15)12(17)10(16)5-8/h4-5,7H,2-3,6,18H2,1H3. The Morgan fingerprint density at radius 1 is 1.25 bits per heavy atom. The van der Waals surface area contributed by atoms with Gasteiger partial charge in [0.15, 0.2) is 17.5 Å². The number of hydrogen-bond donors (Lipinski definition) is 1. The smallest absolute Gasteiger partial charge is 0.194 e. The Kier molecular flexibility index (Phi) is 2.96. The number of benzene rings is 1. The van der Waals surface area contributed by atoms with Crippen LogP contribution in [-0.2, 0) is 13.0 Å². The fourth-order valence-electron chi connectivity index (χ4n) is 2.59. The third-order valence-corrected chi connectivity index (χ3v) is 3.70. The Hall–Kier alpha value is -1.98. The zero-order chi connectivity index (χ0) is 14.4. The minimum absolute atomic E-state index is 0.161. The second-order valence-electron chi connectivity index (χ2n) is 5.27. The molecule has 20 heavy (non-hydrogen) atoms. The highest BCUT2D eigenvalue weighted by molar-refractivity contribution is 5.71. The number of halogens is 3. The van der Waals surface area contributed by atoms with Crippen molar-refractivity contribution in [1.82, 2.24) is 9.55 Å². The van der Waals surface area contributed by atoms with Crippen LogP contribution in [0.4, 0.5) is 19.0 Å². The van der Waals surface area contributed by atoms with Gasteiger partial charge in [-0.15, -0.1) is 0 Å². The predicted octanol–water partition coefficient (Wildman–Crippen LogP) is 3.13. The molecule has 0 radical (unpaired) electrons. The normalized spacial score (nSPS) is 18.1. The Bertz CT molecular complexity index is 656. The lowest BCUT2D eigenvalue weighted by molar-refractivity contribution is 0.397. The van der Waals surface area contributed by atoms with Gasteiger partial charge in [0.25, 0.3) is 0 Å². The number of nitrogens with zero attached hydrogens (tertiary/aromatic N) is 2. The lowest BCUT2D eigenvalue weighted by Gasteiger charge is -2.20. The number of imidazole rings is 1. The molecule has 2 heterocycles. The molecule has 0 amide bonds. The Labute approximate surface area is 114 Å². The van der Waals surface area contributed by atoms with Crippen molar-refractivity contribution in [1.29, 1.82) is 0 Å². The second kappa shape index (κ2) is 4.54. The second-order valence-corrected chi connectivity index (χ2v) is 5.27. The van der Waals surface area contributed by atoms with E-state index in [9.17, 15) is 13.2 Å². The Morgan fingerprint density at radius 2 is 1.90 bits per heavy atom. The lowest BCUT2D eigenvalue weighted by Crippen LogP contribution is -2.19. The summed E-state index contributed by atoms with van der Waals surface area (Å²) < 4.78 is 41.5. The highest BCUT2D eigenvalue weighted by atomic mass is 19.2. The van der Waals surface area contributed by atoms with Crippen LogP contribution in [0.3, 0.4) is 0 Å². The summed E-state index contributed by atoms with van der Waals surface area (Å²) in [5.41, 5.74) is 6.49. The summed E-state index contributed by atoms with van der Waals surface area (Å²) in [6.45, 7) is 2.85. The van der Waals surface area contributed by atoms with E-state index in [4.69, 9.17) is 5.73 Å². The number of aromatic nitrogens is 2. The van der Waals surface area contributed by atoms with E-state index in [0.29, 0.717) is 17.4 Å². The van der Waals surface area contributed by atoms with Gasteiger partial charge in [-0.25, -0.2) is 18.2 Å². The maximum atomic E-state index is 13.3. The quantitative estimate of drug-likeness (QED) is 0.816. The molecular weight excluding hydrogens is 267 g/mol. The molecule has 0 saturated heterocycles. The molecule has 1 unspecified atom stereocenters.